The minimum atomic E-state index is -0.148. The second kappa shape index (κ2) is 7.26. The van der Waals surface area contributed by atoms with Gasteiger partial charge in [0.05, 0.1) is 0 Å². The Kier molecular flexibility index (Phi) is 4.69. The van der Waals surface area contributed by atoms with Crippen molar-refractivity contribution in [3.8, 4) is 11.8 Å². The summed E-state index contributed by atoms with van der Waals surface area (Å²) >= 11 is 0. The quantitative estimate of drug-likeness (QED) is 0.726. The van der Waals surface area contributed by atoms with Gasteiger partial charge in [-0.3, -0.25) is 9.78 Å². The number of pyridine rings is 1. The van der Waals surface area contributed by atoms with Gasteiger partial charge in [0, 0.05) is 34.8 Å². The lowest BCUT2D eigenvalue weighted by molar-refractivity contribution is 0.102. The smallest absolute Gasteiger partial charge is 0.255 e. The molecule has 1 N–H and O–H groups in total. The van der Waals surface area contributed by atoms with E-state index in [1.54, 1.807) is 12.4 Å². The van der Waals surface area contributed by atoms with Crippen LogP contribution in [-0.4, -0.2) is 10.9 Å². The zero-order chi connectivity index (χ0) is 16.8. The van der Waals surface area contributed by atoms with Crippen molar-refractivity contribution in [3.05, 3.63) is 95.3 Å². The molecule has 0 spiro atoms. The molecule has 0 fully saturated rings. The van der Waals surface area contributed by atoms with E-state index in [0.29, 0.717) is 5.56 Å². The number of nitrogens with one attached hydrogen (secondary N) is 1. The van der Waals surface area contributed by atoms with Gasteiger partial charge < -0.3 is 5.32 Å². The summed E-state index contributed by atoms with van der Waals surface area (Å²) in [6, 6.07) is 18.7. The summed E-state index contributed by atoms with van der Waals surface area (Å²) in [7, 11) is 0. The molecular formula is C21H16N2O. The number of carbonyl (C=O) groups excluding carboxylic acids is 1. The highest BCUT2D eigenvalue weighted by atomic mass is 16.1. The van der Waals surface area contributed by atoms with Crippen LogP contribution in [0.5, 0.6) is 0 Å². The van der Waals surface area contributed by atoms with E-state index in [1.165, 1.54) is 0 Å². The zero-order valence-corrected chi connectivity index (χ0v) is 13.3. The predicted octanol–water partition coefficient (Wildman–Crippen LogP) is 4.04. The Balaban J connectivity index is 1.84. The number of anilines is 1. The number of benzene rings is 2. The standard InChI is InChI=1S/C21H16N2O/c1-16-9-11-19(21(24)23-20-7-3-2-4-8-20)14-18(16)12-10-17-6-5-13-22-15-17/h2-9,11,13-15H,1H3,(H,23,24). The van der Waals surface area contributed by atoms with Crippen molar-refractivity contribution in [1.82, 2.24) is 4.98 Å². The van der Waals surface area contributed by atoms with Crippen molar-refractivity contribution in [3.63, 3.8) is 0 Å². The first-order chi connectivity index (χ1) is 11.7. The van der Waals surface area contributed by atoms with E-state index in [4.69, 9.17) is 0 Å². The lowest BCUT2D eigenvalue weighted by Gasteiger charge is -2.06. The van der Waals surface area contributed by atoms with Crippen LogP contribution < -0.4 is 5.32 Å². The number of carbonyl (C=O) groups is 1. The summed E-state index contributed by atoms with van der Waals surface area (Å²) < 4.78 is 0. The Bertz CT molecular complexity index is 907. The number of hydrogen-bond donors (Lipinski definition) is 1. The topological polar surface area (TPSA) is 42.0 Å². The predicted molar refractivity (Wildman–Crippen MR) is 95.8 cm³/mol. The summed E-state index contributed by atoms with van der Waals surface area (Å²) in [4.78, 5) is 16.4. The third kappa shape index (κ3) is 3.88. The molecule has 1 aromatic heterocycles. The SMILES string of the molecule is Cc1ccc(C(=O)Nc2ccccc2)cc1C#Cc1cccnc1. The minimum absolute atomic E-state index is 0.148. The Hall–Kier alpha value is -3.38. The fourth-order valence-corrected chi connectivity index (χ4v) is 2.20. The third-order valence-electron chi connectivity index (χ3n) is 3.53. The van der Waals surface area contributed by atoms with E-state index in [0.717, 1.165) is 22.4 Å². The lowest BCUT2D eigenvalue weighted by Crippen LogP contribution is -2.12. The number of aryl methyl sites for hydroxylation is 1. The molecule has 3 nitrogen and oxygen atoms in total. The molecule has 0 bridgehead atoms. The maximum absolute atomic E-state index is 12.4. The van der Waals surface area contributed by atoms with Crippen LogP contribution in [0.3, 0.4) is 0 Å². The van der Waals surface area contributed by atoms with Crippen molar-refractivity contribution in [2.45, 2.75) is 6.92 Å². The van der Waals surface area contributed by atoms with Gasteiger partial charge in [-0.2, -0.15) is 0 Å². The highest BCUT2D eigenvalue weighted by Crippen LogP contribution is 2.13. The van der Waals surface area contributed by atoms with Crippen molar-refractivity contribution in [2.75, 3.05) is 5.32 Å². The number of rotatable bonds is 2. The first kappa shape index (κ1) is 15.5. The van der Waals surface area contributed by atoms with Crippen molar-refractivity contribution < 1.29 is 4.79 Å². The molecule has 1 amide bonds. The number of hydrogen-bond acceptors (Lipinski definition) is 2. The number of amides is 1. The first-order valence-electron chi connectivity index (χ1n) is 7.61. The summed E-state index contributed by atoms with van der Waals surface area (Å²) in [5.41, 5.74) is 4.06. The molecule has 0 radical (unpaired) electrons. The van der Waals surface area contributed by atoms with Gasteiger partial charge in [0.25, 0.3) is 5.91 Å². The van der Waals surface area contributed by atoms with Gasteiger partial charge in [-0.15, -0.1) is 0 Å². The van der Waals surface area contributed by atoms with Crippen molar-refractivity contribution in [1.29, 1.82) is 0 Å². The van der Waals surface area contributed by atoms with E-state index in [1.807, 2.05) is 67.6 Å². The van der Waals surface area contributed by atoms with E-state index < -0.39 is 0 Å². The van der Waals surface area contributed by atoms with Gasteiger partial charge in [-0.05, 0) is 48.9 Å². The number of nitrogens with zero attached hydrogens (tertiary/aromatic N) is 1. The Morgan fingerprint density at radius 3 is 2.58 bits per heavy atom. The molecule has 0 saturated heterocycles. The molecule has 116 valence electrons. The van der Waals surface area contributed by atoms with Crippen molar-refractivity contribution in [2.24, 2.45) is 0 Å². The first-order valence-corrected chi connectivity index (χ1v) is 7.61. The molecule has 3 aromatic rings. The monoisotopic (exact) mass is 312 g/mol. The van der Waals surface area contributed by atoms with Crippen LogP contribution in [0.2, 0.25) is 0 Å². The molecule has 2 aromatic carbocycles. The van der Waals surface area contributed by atoms with E-state index >= 15 is 0 Å². The van der Waals surface area contributed by atoms with Gasteiger partial charge in [0.2, 0.25) is 0 Å². The average Bonchev–Trinajstić information content (AvgIpc) is 2.62. The Morgan fingerprint density at radius 1 is 1.00 bits per heavy atom. The molecule has 0 unspecified atom stereocenters. The van der Waals surface area contributed by atoms with E-state index in [2.05, 4.69) is 22.1 Å². The summed E-state index contributed by atoms with van der Waals surface area (Å²) in [6.45, 7) is 1.98. The second-order valence-electron chi connectivity index (χ2n) is 5.34. The van der Waals surface area contributed by atoms with Gasteiger partial charge in [-0.25, -0.2) is 0 Å². The Labute approximate surface area is 141 Å². The van der Waals surface area contributed by atoms with Crippen LogP contribution in [0, 0.1) is 18.8 Å². The molecule has 0 aliphatic rings. The largest absolute Gasteiger partial charge is 0.322 e. The van der Waals surface area contributed by atoms with Crippen LogP contribution in [0.1, 0.15) is 27.0 Å². The fraction of sp³-hybridized carbons (Fsp3) is 0.0476. The normalized spacial score (nSPS) is 9.71. The number of aromatic nitrogens is 1. The van der Waals surface area contributed by atoms with Gasteiger partial charge in [0.1, 0.15) is 0 Å². The zero-order valence-electron chi connectivity index (χ0n) is 13.3. The van der Waals surface area contributed by atoms with Crippen LogP contribution in [0.4, 0.5) is 5.69 Å². The maximum Gasteiger partial charge on any atom is 0.255 e. The van der Waals surface area contributed by atoms with Crippen LogP contribution in [-0.2, 0) is 0 Å². The number of para-hydroxylation sites is 1. The molecular weight excluding hydrogens is 296 g/mol. The Morgan fingerprint density at radius 2 is 1.83 bits per heavy atom. The minimum Gasteiger partial charge on any atom is -0.322 e. The van der Waals surface area contributed by atoms with E-state index in [9.17, 15) is 4.79 Å². The molecule has 0 aliphatic carbocycles. The molecule has 1 heterocycles. The van der Waals surface area contributed by atoms with Crippen LogP contribution in [0.25, 0.3) is 0 Å². The average molecular weight is 312 g/mol. The lowest BCUT2D eigenvalue weighted by atomic mass is 10.0. The molecule has 0 saturated carbocycles. The van der Waals surface area contributed by atoms with Crippen molar-refractivity contribution >= 4 is 11.6 Å². The van der Waals surface area contributed by atoms with Crippen LogP contribution in [0.15, 0.2) is 73.1 Å². The van der Waals surface area contributed by atoms with Gasteiger partial charge in [0.15, 0.2) is 0 Å². The summed E-state index contributed by atoms with van der Waals surface area (Å²) in [5.74, 6) is 6.04. The summed E-state index contributed by atoms with van der Waals surface area (Å²) in [6.07, 6.45) is 3.43. The highest BCUT2D eigenvalue weighted by molar-refractivity contribution is 6.04. The molecule has 24 heavy (non-hydrogen) atoms. The highest BCUT2D eigenvalue weighted by Gasteiger charge is 2.07. The van der Waals surface area contributed by atoms with Crippen LogP contribution >= 0.6 is 0 Å². The van der Waals surface area contributed by atoms with E-state index in [-0.39, 0.29) is 5.91 Å². The third-order valence-corrected chi connectivity index (χ3v) is 3.53. The molecule has 0 atom stereocenters. The fourth-order valence-electron chi connectivity index (χ4n) is 2.20. The van der Waals surface area contributed by atoms with Gasteiger partial charge >= 0.3 is 0 Å². The summed E-state index contributed by atoms with van der Waals surface area (Å²) in [5, 5.41) is 2.88. The van der Waals surface area contributed by atoms with Gasteiger partial charge in [-0.1, -0.05) is 36.1 Å². The second-order valence-corrected chi connectivity index (χ2v) is 5.34. The maximum atomic E-state index is 12.4. The molecule has 3 rings (SSSR count). The molecule has 0 aliphatic heterocycles. The molecule has 3 heteroatoms.